The third-order valence-corrected chi connectivity index (χ3v) is 3.69. The summed E-state index contributed by atoms with van der Waals surface area (Å²) in [6, 6.07) is 7.13. The number of rotatable bonds is 6. The highest BCUT2D eigenvalue weighted by Crippen LogP contribution is 2.13. The Morgan fingerprint density at radius 3 is 2.85 bits per heavy atom. The van der Waals surface area contributed by atoms with Crippen molar-refractivity contribution in [2.45, 2.75) is 25.9 Å². The van der Waals surface area contributed by atoms with E-state index in [1.54, 1.807) is 24.3 Å². The smallest absolute Gasteiger partial charge is 0.305 e. The number of carboxylic acids is 1. The van der Waals surface area contributed by atoms with Crippen molar-refractivity contribution in [2.24, 2.45) is 0 Å². The molecule has 106 valence electrons. The van der Waals surface area contributed by atoms with Crippen molar-refractivity contribution < 1.29 is 14.7 Å². The first-order valence-electron chi connectivity index (χ1n) is 6.26. The summed E-state index contributed by atoms with van der Waals surface area (Å²) in [5.74, 6) is -1.17. The highest BCUT2D eigenvalue weighted by atomic mass is 32.1. The number of hydrogen-bond acceptors (Lipinski definition) is 3. The van der Waals surface area contributed by atoms with E-state index >= 15 is 0 Å². The van der Waals surface area contributed by atoms with E-state index in [0.29, 0.717) is 12.2 Å². The summed E-state index contributed by atoms with van der Waals surface area (Å²) >= 11 is 1.63. The van der Waals surface area contributed by atoms with Crippen LogP contribution in [0, 0.1) is 0 Å². The van der Waals surface area contributed by atoms with Crippen molar-refractivity contribution >= 4 is 23.2 Å². The second-order valence-corrected chi connectivity index (χ2v) is 5.61. The molecule has 1 atom stereocenters. The topological polar surface area (TPSA) is 71.3 Å². The Labute approximate surface area is 120 Å². The number of carboxylic acid groups (broad SMARTS) is 1. The predicted octanol–water partition coefficient (Wildman–Crippen LogP) is 2.19. The summed E-state index contributed by atoms with van der Waals surface area (Å²) in [6.45, 7) is 2.32. The fourth-order valence-electron chi connectivity index (χ4n) is 1.94. The summed E-state index contributed by atoms with van der Waals surface area (Å²) < 4.78 is 1.86. The van der Waals surface area contributed by atoms with Crippen molar-refractivity contribution in [3.8, 4) is 0 Å². The number of amides is 1. The molecule has 2 aromatic rings. The molecule has 2 heterocycles. The van der Waals surface area contributed by atoms with Crippen LogP contribution in [-0.4, -0.2) is 27.6 Å². The highest BCUT2D eigenvalue weighted by molar-refractivity contribution is 7.09. The van der Waals surface area contributed by atoms with Crippen LogP contribution < -0.4 is 5.32 Å². The molecule has 0 aromatic carbocycles. The van der Waals surface area contributed by atoms with Gasteiger partial charge in [-0.3, -0.25) is 9.59 Å². The molecule has 0 radical (unpaired) electrons. The Kier molecular flexibility index (Phi) is 4.57. The molecule has 5 nitrogen and oxygen atoms in total. The minimum atomic E-state index is -0.924. The second-order valence-electron chi connectivity index (χ2n) is 4.57. The molecule has 0 aliphatic rings. The zero-order valence-corrected chi connectivity index (χ0v) is 11.9. The zero-order chi connectivity index (χ0) is 14.5. The maximum absolute atomic E-state index is 12.1. The summed E-state index contributed by atoms with van der Waals surface area (Å²) in [4.78, 5) is 23.9. The van der Waals surface area contributed by atoms with Gasteiger partial charge in [-0.05, 0) is 30.5 Å². The molecule has 2 rings (SSSR count). The van der Waals surface area contributed by atoms with E-state index in [-0.39, 0.29) is 12.3 Å². The first kappa shape index (κ1) is 14.3. The van der Waals surface area contributed by atoms with Crippen molar-refractivity contribution in [1.82, 2.24) is 9.88 Å². The molecule has 20 heavy (non-hydrogen) atoms. The Hall–Kier alpha value is -2.08. The Balaban J connectivity index is 2.03. The number of aromatic nitrogens is 1. The minimum absolute atomic E-state index is 0.0859. The molecular formula is C14H16N2O3S. The summed E-state index contributed by atoms with van der Waals surface area (Å²) in [6.07, 6.45) is 1.76. The van der Waals surface area contributed by atoms with Gasteiger partial charge in [0.1, 0.15) is 5.69 Å². The van der Waals surface area contributed by atoms with Crippen LogP contribution in [0.5, 0.6) is 0 Å². The van der Waals surface area contributed by atoms with Gasteiger partial charge in [-0.2, -0.15) is 0 Å². The fourth-order valence-corrected chi connectivity index (χ4v) is 2.64. The number of carbonyl (C=O) groups excluding carboxylic acids is 1. The molecule has 0 saturated carbocycles. The van der Waals surface area contributed by atoms with Gasteiger partial charge in [0, 0.05) is 17.1 Å². The molecule has 0 bridgehead atoms. The van der Waals surface area contributed by atoms with Gasteiger partial charge in [0.25, 0.3) is 5.91 Å². The average Bonchev–Trinajstić information content (AvgIpc) is 2.99. The van der Waals surface area contributed by atoms with Gasteiger partial charge in [-0.15, -0.1) is 11.3 Å². The van der Waals surface area contributed by atoms with Crippen molar-refractivity contribution in [2.75, 3.05) is 0 Å². The summed E-state index contributed by atoms with van der Waals surface area (Å²) in [5.41, 5.74) is 0.538. The average molecular weight is 292 g/mol. The lowest BCUT2D eigenvalue weighted by molar-refractivity contribution is -0.137. The molecular weight excluding hydrogens is 276 g/mol. The molecule has 0 aliphatic carbocycles. The van der Waals surface area contributed by atoms with Gasteiger partial charge >= 0.3 is 5.97 Å². The maximum Gasteiger partial charge on any atom is 0.305 e. The number of nitrogens with one attached hydrogen (secondary N) is 1. The van der Waals surface area contributed by atoms with Crippen LogP contribution in [0.1, 0.15) is 28.7 Å². The normalized spacial score (nSPS) is 12.1. The van der Waals surface area contributed by atoms with Crippen LogP contribution in [0.15, 0.2) is 35.8 Å². The number of carbonyl (C=O) groups is 2. The number of hydrogen-bond donors (Lipinski definition) is 2. The lowest BCUT2D eigenvalue weighted by Gasteiger charge is -2.13. The van der Waals surface area contributed by atoms with Crippen LogP contribution >= 0.6 is 11.3 Å². The van der Waals surface area contributed by atoms with E-state index < -0.39 is 12.0 Å². The zero-order valence-electron chi connectivity index (χ0n) is 11.1. The first-order chi connectivity index (χ1) is 9.56. The molecule has 0 aliphatic heterocycles. The van der Waals surface area contributed by atoms with E-state index in [4.69, 9.17) is 5.11 Å². The van der Waals surface area contributed by atoms with Crippen LogP contribution in [0.25, 0.3) is 0 Å². The maximum atomic E-state index is 12.1. The van der Waals surface area contributed by atoms with E-state index in [9.17, 15) is 9.59 Å². The Morgan fingerprint density at radius 1 is 1.40 bits per heavy atom. The minimum Gasteiger partial charge on any atom is -0.481 e. The van der Waals surface area contributed by atoms with Gasteiger partial charge < -0.3 is 15.0 Å². The largest absolute Gasteiger partial charge is 0.481 e. The molecule has 2 N–H and O–H groups in total. The summed E-state index contributed by atoms with van der Waals surface area (Å²) in [5, 5.41) is 13.4. The third kappa shape index (κ3) is 3.71. The predicted molar refractivity (Wildman–Crippen MR) is 77.0 cm³/mol. The van der Waals surface area contributed by atoms with Gasteiger partial charge in [0.05, 0.1) is 13.0 Å². The molecule has 6 heteroatoms. The van der Waals surface area contributed by atoms with Crippen molar-refractivity contribution in [1.29, 1.82) is 0 Å². The van der Waals surface area contributed by atoms with Crippen molar-refractivity contribution in [3.05, 3.63) is 46.4 Å². The molecule has 0 spiro atoms. The standard InChI is InChI=1S/C14H16N2O3S/c1-10(8-13(17)18)15-14(19)12-5-2-6-16(12)9-11-4-3-7-20-11/h2-7,10H,8-9H2,1H3,(H,15,19)(H,17,18). The fraction of sp³-hybridized carbons (Fsp3) is 0.286. The highest BCUT2D eigenvalue weighted by Gasteiger charge is 2.15. The molecule has 0 fully saturated rings. The molecule has 1 amide bonds. The second kappa shape index (κ2) is 6.38. The molecule has 0 saturated heterocycles. The summed E-state index contributed by atoms with van der Waals surface area (Å²) in [7, 11) is 0. The lowest BCUT2D eigenvalue weighted by atomic mass is 10.2. The number of nitrogens with zero attached hydrogens (tertiary/aromatic N) is 1. The van der Waals surface area contributed by atoms with Crippen LogP contribution in [0.2, 0.25) is 0 Å². The Bertz CT molecular complexity index is 589. The monoisotopic (exact) mass is 292 g/mol. The molecule has 2 aromatic heterocycles. The van der Waals surface area contributed by atoms with Crippen molar-refractivity contribution in [3.63, 3.8) is 0 Å². The van der Waals surface area contributed by atoms with Gasteiger partial charge in [-0.1, -0.05) is 6.07 Å². The first-order valence-corrected chi connectivity index (χ1v) is 7.14. The van der Waals surface area contributed by atoms with Gasteiger partial charge in [-0.25, -0.2) is 0 Å². The quantitative estimate of drug-likeness (QED) is 0.857. The van der Waals surface area contributed by atoms with Crippen LogP contribution in [-0.2, 0) is 11.3 Å². The number of thiophene rings is 1. The van der Waals surface area contributed by atoms with Crippen LogP contribution in [0.3, 0.4) is 0 Å². The van der Waals surface area contributed by atoms with E-state index in [0.717, 1.165) is 4.88 Å². The van der Waals surface area contributed by atoms with E-state index in [1.807, 2.05) is 34.3 Å². The van der Waals surface area contributed by atoms with E-state index in [2.05, 4.69) is 5.32 Å². The van der Waals surface area contributed by atoms with Crippen LogP contribution in [0.4, 0.5) is 0 Å². The molecule has 1 unspecified atom stereocenters. The lowest BCUT2D eigenvalue weighted by Crippen LogP contribution is -2.35. The third-order valence-electron chi connectivity index (χ3n) is 2.83. The van der Waals surface area contributed by atoms with Gasteiger partial charge in [0.2, 0.25) is 0 Å². The van der Waals surface area contributed by atoms with E-state index in [1.165, 1.54) is 0 Å². The number of aliphatic carboxylic acids is 1. The SMILES string of the molecule is CC(CC(=O)O)NC(=O)c1cccn1Cc1cccs1. The Morgan fingerprint density at radius 2 is 2.20 bits per heavy atom. The van der Waals surface area contributed by atoms with Gasteiger partial charge in [0.15, 0.2) is 0 Å².